The molecular weight excluding hydrogens is 691 g/mol. The summed E-state index contributed by atoms with van der Waals surface area (Å²) >= 11 is 0. The Bertz CT molecular complexity index is 1680. The predicted molar refractivity (Wildman–Crippen MR) is 197 cm³/mol. The average molecular weight is 749 g/mol. The van der Waals surface area contributed by atoms with Gasteiger partial charge in [-0.15, -0.1) is 13.2 Å². The molecule has 6 atom stereocenters. The number of esters is 1. The summed E-state index contributed by atoms with van der Waals surface area (Å²) < 4.78 is 89.2. The number of rotatable bonds is 14. The van der Waals surface area contributed by atoms with E-state index in [1.54, 1.807) is 0 Å². The Kier molecular flexibility index (Phi) is 13.5. The summed E-state index contributed by atoms with van der Waals surface area (Å²) in [5, 5.41) is 0.230. The Morgan fingerprint density at radius 3 is 2.06 bits per heavy atom. The molecule has 2 saturated carbocycles. The number of carbonyl (C=O) groups excluding carboxylic acids is 1. The van der Waals surface area contributed by atoms with Gasteiger partial charge in [-0.3, -0.25) is 4.79 Å². The number of carbonyl (C=O) groups is 1. The summed E-state index contributed by atoms with van der Waals surface area (Å²) in [4.78, 5) is 12.7. The first kappa shape index (κ1) is 40.9. The zero-order valence-corrected chi connectivity index (χ0v) is 32.3. The van der Waals surface area contributed by atoms with Gasteiger partial charge in [0.1, 0.15) is 29.4 Å². The maximum atomic E-state index is 13.4. The molecule has 0 aliphatic heterocycles. The standard InChI is InChI=1S/C43H57F5O5/c1-8-50-39(49)16-12-28-11-15-37(51-23-30-21-32(53-43(46,47)48)20-29-19-31(22-38(44)45)52-42(29)30)41(36-18-27(7)10-14-34(36)25(4)5)40(28)35-17-26(6)9-13-33(35)24(2)3/h11,15,19-21,24-27,33-36,38H,8-10,12-14,16-18,22-23H2,1-7H3. The maximum absolute atomic E-state index is 13.4. The fraction of sp³-hybridized carbons (Fsp3) is 0.651. The van der Waals surface area contributed by atoms with E-state index in [9.17, 15) is 26.7 Å². The van der Waals surface area contributed by atoms with E-state index in [1.807, 2.05) is 13.0 Å². The maximum Gasteiger partial charge on any atom is 0.573 e. The number of furan rings is 1. The normalized spacial score (nSPS) is 24.0. The Balaban J connectivity index is 1.69. The van der Waals surface area contributed by atoms with Crippen molar-refractivity contribution in [1.82, 2.24) is 0 Å². The van der Waals surface area contributed by atoms with Gasteiger partial charge in [0.25, 0.3) is 0 Å². The first-order chi connectivity index (χ1) is 25.0. The molecule has 2 fully saturated rings. The Hall–Kier alpha value is -3.30. The fourth-order valence-corrected chi connectivity index (χ4v) is 9.32. The molecule has 5 rings (SSSR count). The predicted octanol–water partition coefficient (Wildman–Crippen LogP) is 12.6. The quantitative estimate of drug-likeness (QED) is 0.121. The molecule has 0 saturated heterocycles. The molecule has 0 amide bonds. The lowest BCUT2D eigenvalue weighted by Crippen LogP contribution is -2.31. The van der Waals surface area contributed by atoms with Crippen molar-refractivity contribution in [2.45, 2.75) is 137 Å². The van der Waals surface area contributed by atoms with Crippen molar-refractivity contribution in [2.75, 3.05) is 6.61 Å². The second kappa shape index (κ2) is 17.4. The van der Waals surface area contributed by atoms with Crippen molar-refractivity contribution < 1.29 is 45.4 Å². The number of benzene rings is 2. The number of alkyl halides is 5. The van der Waals surface area contributed by atoms with Crippen LogP contribution in [0.15, 0.2) is 34.7 Å². The number of halogens is 5. The number of aryl methyl sites for hydroxylation is 1. The van der Waals surface area contributed by atoms with E-state index in [0.717, 1.165) is 55.7 Å². The molecule has 3 aromatic rings. The summed E-state index contributed by atoms with van der Waals surface area (Å²) in [7, 11) is 0. The van der Waals surface area contributed by atoms with Gasteiger partial charge in [-0.05, 0) is 122 Å². The van der Waals surface area contributed by atoms with Crippen molar-refractivity contribution >= 4 is 16.9 Å². The molecule has 6 unspecified atom stereocenters. The molecule has 5 nitrogen and oxygen atoms in total. The molecule has 2 aromatic carbocycles. The zero-order chi connectivity index (χ0) is 38.6. The monoisotopic (exact) mass is 748 g/mol. The van der Waals surface area contributed by atoms with E-state index in [4.69, 9.17) is 13.9 Å². The minimum absolute atomic E-state index is 0.0311. The van der Waals surface area contributed by atoms with Crippen molar-refractivity contribution in [2.24, 2.45) is 35.5 Å². The van der Waals surface area contributed by atoms with E-state index >= 15 is 0 Å². The minimum atomic E-state index is -4.95. The Labute approximate surface area is 311 Å². The lowest BCUT2D eigenvalue weighted by molar-refractivity contribution is -0.274. The van der Waals surface area contributed by atoms with Crippen LogP contribution in [0.4, 0.5) is 22.0 Å². The van der Waals surface area contributed by atoms with Crippen LogP contribution in [0.2, 0.25) is 0 Å². The van der Waals surface area contributed by atoms with Crippen LogP contribution in [0.1, 0.15) is 133 Å². The van der Waals surface area contributed by atoms with E-state index < -0.39 is 25.0 Å². The van der Waals surface area contributed by atoms with Crippen LogP contribution >= 0.6 is 0 Å². The largest absolute Gasteiger partial charge is 0.573 e. The van der Waals surface area contributed by atoms with Crippen molar-refractivity contribution in [1.29, 1.82) is 0 Å². The van der Waals surface area contributed by atoms with Crippen LogP contribution in [0, 0.1) is 35.5 Å². The SMILES string of the molecule is CCOC(=O)CCc1ccc(OCc2cc(OC(F)(F)F)cc3cc(CC(F)F)oc23)c(C2CC(C)CCC2C(C)C)c1C1CC(C)CCC1C(C)C. The molecule has 2 aliphatic carbocycles. The smallest absolute Gasteiger partial charge is 0.488 e. The molecule has 53 heavy (non-hydrogen) atoms. The van der Waals surface area contributed by atoms with E-state index in [0.29, 0.717) is 54.3 Å². The summed E-state index contributed by atoms with van der Waals surface area (Å²) in [6.07, 6.45) is -1.08. The first-order valence-electron chi connectivity index (χ1n) is 19.6. The highest BCUT2D eigenvalue weighted by Crippen LogP contribution is 2.54. The zero-order valence-electron chi connectivity index (χ0n) is 32.3. The van der Waals surface area contributed by atoms with Gasteiger partial charge >= 0.3 is 12.3 Å². The van der Waals surface area contributed by atoms with Gasteiger partial charge in [-0.2, -0.15) is 0 Å². The molecule has 10 heteroatoms. The Morgan fingerprint density at radius 1 is 0.868 bits per heavy atom. The van der Waals surface area contributed by atoms with Crippen molar-refractivity contribution in [3.63, 3.8) is 0 Å². The molecule has 0 N–H and O–H groups in total. The highest BCUT2D eigenvalue weighted by Gasteiger charge is 2.41. The van der Waals surface area contributed by atoms with Gasteiger partial charge in [0.2, 0.25) is 6.43 Å². The number of fused-ring (bicyclic) bond motifs is 1. The lowest BCUT2D eigenvalue weighted by atomic mass is 9.61. The summed E-state index contributed by atoms with van der Waals surface area (Å²) in [5.41, 5.74) is 3.99. The molecule has 0 radical (unpaired) electrons. The van der Waals surface area contributed by atoms with Gasteiger partial charge in [0.05, 0.1) is 13.0 Å². The van der Waals surface area contributed by atoms with Crippen LogP contribution in [0.25, 0.3) is 11.0 Å². The topological polar surface area (TPSA) is 57.9 Å². The van der Waals surface area contributed by atoms with Crippen LogP contribution in [-0.4, -0.2) is 25.4 Å². The van der Waals surface area contributed by atoms with Gasteiger partial charge < -0.3 is 18.6 Å². The molecule has 0 bridgehead atoms. The molecule has 2 aliphatic rings. The second-order valence-electron chi connectivity index (χ2n) is 16.4. The molecule has 0 spiro atoms. The van der Waals surface area contributed by atoms with Crippen molar-refractivity contribution in [3.05, 3.63) is 58.3 Å². The lowest BCUT2D eigenvalue weighted by Gasteiger charge is -2.44. The van der Waals surface area contributed by atoms with Crippen LogP contribution in [-0.2, 0) is 29.0 Å². The molecule has 1 heterocycles. The number of hydrogen-bond donors (Lipinski definition) is 0. The summed E-state index contributed by atoms with van der Waals surface area (Å²) in [6.45, 7) is 15.7. The van der Waals surface area contributed by atoms with E-state index in [-0.39, 0.29) is 53.1 Å². The average Bonchev–Trinajstić information content (AvgIpc) is 3.46. The summed E-state index contributed by atoms with van der Waals surface area (Å²) in [5.74, 6) is 2.95. The third kappa shape index (κ3) is 10.3. The third-order valence-corrected chi connectivity index (χ3v) is 11.7. The Morgan fingerprint density at radius 2 is 1.49 bits per heavy atom. The molecule has 1 aromatic heterocycles. The number of ether oxygens (including phenoxy) is 3. The van der Waals surface area contributed by atoms with Gasteiger partial charge in [-0.1, -0.05) is 60.5 Å². The number of hydrogen-bond acceptors (Lipinski definition) is 5. The van der Waals surface area contributed by atoms with E-state index in [1.165, 1.54) is 17.7 Å². The van der Waals surface area contributed by atoms with Crippen LogP contribution in [0.5, 0.6) is 11.5 Å². The van der Waals surface area contributed by atoms with Gasteiger partial charge in [0, 0.05) is 22.9 Å². The minimum Gasteiger partial charge on any atom is -0.488 e. The van der Waals surface area contributed by atoms with E-state index in [2.05, 4.69) is 52.3 Å². The van der Waals surface area contributed by atoms with Crippen LogP contribution in [0.3, 0.4) is 0 Å². The van der Waals surface area contributed by atoms with Crippen molar-refractivity contribution in [3.8, 4) is 11.5 Å². The first-order valence-corrected chi connectivity index (χ1v) is 19.6. The van der Waals surface area contributed by atoms with Gasteiger partial charge in [0.15, 0.2) is 0 Å². The highest BCUT2D eigenvalue weighted by molar-refractivity contribution is 5.83. The summed E-state index contributed by atoms with van der Waals surface area (Å²) in [6, 6.07) is 7.73. The van der Waals surface area contributed by atoms with Crippen LogP contribution < -0.4 is 9.47 Å². The third-order valence-electron chi connectivity index (χ3n) is 11.7. The second-order valence-corrected chi connectivity index (χ2v) is 16.4. The molecule has 294 valence electrons. The highest BCUT2D eigenvalue weighted by atomic mass is 19.4. The fourth-order valence-electron chi connectivity index (χ4n) is 9.32. The van der Waals surface area contributed by atoms with Gasteiger partial charge in [-0.25, -0.2) is 8.78 Å². The molecular formula is C43H57F5O5.